The molecule has 0 aliphatic heterocycles. The molecular weight excluding hydrogens is 182 g/mol. The number of hydrogen-bond acceptors (Lipinski definition) is 3. The molecule has 0 saturated carbocycles. The van der Waals surface area contributed by atoms with Crippen LogP contribution in [-0.4, -0.2) is 45.3 Å². The fourth-order valence-electron chi connectivity index (χ4n) is 0.937. The molecular formula is C9H15N3O2. The lowest BCUT2D eigenvalue weighted by Gasteiger charge is -2.33. The summed E-state index contributed by atoms with van der Waals surface area (Å²) in [5.74, 6) is -0.179. The van der Waals surface area contributed by atoms with Crippen LogP contribution in [0, 0.1) is 0 Å². The minimum absolute atomic E-state index is 0.0800. The molecule has 5 nitrogen and oxygen atoms in total. The summed E-state index contributed by atoms with van der Waals surface area (Å²) in [5, 5.41) is 15.4. The molecule has 0 fully saturated rings. The van der Waals surface area contributed by atoms with Gasteiger partial charge in [-0.1, -0.05) is 0 Å². The van der Waals surface area contributed by atoms with Gasteiger partial charge in [-0.15, -0.1) is 0 Å². The van der Waals surface area contributed by atoms with E-state index in [1.54, 1.807) is 27.0 Å². The number of hydrogen-bond donors (Lipinski definition) is 2. The van der Waals surface area contributed by atoms with Gasteiger partial charge >= 0.3 is 0 Å². The summed E-state index contributed by atoms with van der Waals surface area (Å²) >= 11 is 0. The van der Waals surface area contributed by atoms with E-state index in [0.717, 1.165) is 0 Å². The molecule has 0 aromatic carbocycles. The molecule has 1 amide bonds. The van der Waals surface area contributed by atoms with E-state index in [2.05, 4.69) is 10.2 Å². The molecule has 2 N–H and O–H groups in total. The van der Waals surface area contributed by atoms with E-state index in [-0.39, 0.29) is 12.5 Å². The molecule has 0 atom stereocenters. The molecule has 0 aliphatic carbocycles. The molecule has 1 heterocycles. The summed E-state index contributed by atoms with van der Waals surface area (Å²) in [7, 11) is 1.65. The van der Waals surface area contributed by atoms with E-state index in [4.69, 9.17) is 5.11 Å². The number of aliphatic hydroxyl groups is 1. The average molecular weight is 197 g/mol. The Balaban J connectivity index is 2.81. The highest BCUT2D eigenvalue weighted by Crippen LogP contribution is 2.13. The summed E-state index contributed by atoms with van der Waals surface area (Å²) in [6.45, 7) is 3.51. The van der Waals surface area contributed by atoms with Crippen molar-refractivity contribution in [1.29, 1.82) is 0 Å². The van der Waals surface area contributed by atoms with Gasteiger partial charge < -0.3 is 10.0 Å². The van der Waals surface area contributed by atoms with Crippen LogP contribution in [0.15, 0.2) is 12.3 Å². The molecule has 0 aliphatic rings. The second-order valence-corrected chi connectivity index (χ2v) is 3.81. The van der Waals surface area contributed by atoms with Gasteiger partial charge in [-0.05, 0) is 19.9 Å². The lowest BCUT2D eigenvalue weighted by atomic mass is 10.0. The van der Waals surface area contributed by atoms with Gasteiger partial charge in [0, 0.05) is 13.2 Å². The van der Waals surface area contributed by atoms with E-state index >= 15 is 0 Å². The van der Waals surface area contributed by atoms with E-state index < -0.39 is 5.54 Å². The number of nitrogens with zero attached hydrogens (tertiary/aromatic N) is 2. The van der Waals surface area contributed by atoms with Gasteiger partial charge in [0.25, 0.3) is 5.91 Å². The number of aliphatic hydroxyl groups excluding tert-OH is 1. The van der Waals surface area contributed by atoms with Crippen LogP contribution >= 0.6 is 0 Å². The molecule has 78 valence electrons. The second-order valence-electron chi connectivity index (χ2n) is 3.81. The zero-order valence-corrected chi connectivity index (χ0v) is 8.61. The van der Waals surface area contributed by atoms with Gasteiger partial charge in [-0.25, -0.2) is 0 Å². The van der Waals surface area contributed by atoms with Gasteiger partial charge in [0.05, 0.1) is 12.1 Å². The van der Waals surface area contributed by atoms with E-state index in [0.29, 0.717) is 5.69 Å². The van der Waals surface area contributed by atoms with E-state index in [1.807, 2.05) is 0 Å². The van der Waals surface area contributed by atoms with Crippen molar-refractivity contribution in [3.63, 3.8) is 0 Å². The molecule has 0 radical (unpaired) electrons. The van der Waals surface area contributed by atoms with Crippen LogP contribution < -0.4 is 0 Å². The third-order valence-corrected chi connectivity index (χ3v) is 2.33. The highest BCUT2D eigenvalue weighted by atomic mass is 16.3. The monoisotopic (exact) mass is 197 g/mol. The van der Waals surface area contributed by atoms with Gasteiger partial charge in [0.1, 0.15) is 5.69 Å². The highest BCUT2D eigenvalue weighted by Gasteiger charge is 2.27. The highest BCUT2D eigenvalue weighted by molar-refractivity contribution is 5.92. The van der Waals surface area contributed by atoms with Gasteiger partial charge in [0.2, 0.25) is 0 Å². The quantitative estimate of drug-likeness (QED) is 0.730. The first-order valence-corrected chi connectivity index (χ1v) is 4.37. The molecule has 1 rings (SSSR count). The lowest BCUT2D eigenvalue weighted by molar-refractivity contribution is 0.0467. The summed E-state index contributed by atoms with van der Waals surface area (Å²) in [6.07, 6.45) is 1.52. The van der Waals surface area contributed by atoms with E-state index in [9.17, 15) is 4.79 Å². The smallest absolute Gasteiger partial charge is 0.272 e. The van der Waals surface area contributed by atoms with Crippen LogP contribution in [0.5, 0.6) is 0 Å². The Hall–Kier alpha value is -1.36. The summed E-state index contributed by atoms with van der Waals surface area (Å²) < 4.78 is 0. The largest absolute Gasteiger partial charge is 0.394 e. The van der Waals surface area contributed by atoms with Crippen molar-refractivity contribution in [2.75, 3.05) is 13.7 Å². The number of carbonyl (C=O) groups excluding carboxylic acids is 1. The first kappa shape index (κ1) is 10.7. The van der Waals surface area contributed by atoms with E-state index in [1.165, 1.54) is 11.1 Å². The van der Waals surface area contributed by atoms with Gasteiger partial charge in [-0.2, -0.15) is 5.10 Å². The molecule has 1 aromatic heterocycles. The average Bonchev–Trinajstić information content (AvgIpc) is 2.68. The van der Waals surface area contributed by atoms with Crippen LogP contribution in [0.2, 0.25) is 0 Å². The van der Waals surface area contributed by atoms with Crippen molar-refractivity contribution in [1.82, 2.24) is 15.1 Å². The van der Waals surface area contributed by atoms with Crippen molar-refractivity contribution in [3.8, 4) is 0 Å². The van der Waals surface area contributed by atoms with Crippen LogP contribution in [-0.2, 0) is 0 Å². The summed E-state index contributed by atoms with van der Waals surface area (Å²) in [4.78, 5) is 13.2. The van der Waals surface area contributed by atoms with Crippen LogP contribution in [0.3, 0.4) is 0 Å². The Labute approximate surface area is 82.7 Å². The molecule has 14 heavy (non-hydrogen) atoms. The molecule has 0 unspecified atom stereocenters. The Bertz CT molecular complexity index is 306. The molecule has 0 saturated heterocycles. The van der Waals surface area contributed by atoms with Crippen LogP contribution in [0.1, 0.15) is 24.3 Å². The standard InChI is InChI=1S/C9H15N3O2/c1-9(2,6-13)12(3)8(14)7-4-5-10-11-7/h4-5,13H,6H2,1-3H3,(H,10,11). The minimum atomic E-state index is -0.567. The maximum absolute atomic E-state index is 11.8. The predicted molar refractivity (Wildman–Crippen MR) is 51.8 cm³/mol. The van der Waals surface area contributed by atoms with Crippen molar-refractivity contribution in [2.45, 2.75) is 19.4 Å². The van der Waals surface area contributed by atoms with Crippen molar-refractivity contribution < 1.29 is 9.90 Å². The second kappa shape index (κ2) is 3.79. The van der Waals surface area contributed by atoms with Crippen molar-refractivity contribution in [2.24, 2.45) is 0 Å². The minimum Gasteiger partial charge on any atom is -0.394 e. The number of likely N-dealkylation sites (N-methyl/N-ethyl adjacent to an activating group) is 1. The van der Waals surface area contributed by atoms with Crippen molar-refractivity contribution in [3.05, 3.63) is 18.0 Å². The summed E-state index contributed by atoms with van der Waals surface area (Å²) in [6, 6.07) is 1.60. The third-order valence-electron chi connectivity index (χ3n) is 2.33. The van der Waals surface area contributed by atoms with Crippen LogP contribution in [0.4, 0.5) is 0 Å². The third kappa shape index (κ3) is 1.93. The Morgan fingerprint density at radius 2 is 2.36 bits per heavy atom. The number of aromatic nitrogens is 2. The number of amides is 1. The SMILES string of the molecule is CN(C(=O)c1ccn[nH]1)C(C)(C)CO. The van der Waals surface area contributed by atoms with Crippen molar-refractivity contribution >= 4 is 5.91 Å². The maximum atomic E-state index is 11.8. The molecule has 0 spiro atoms. The van der Waals surface area contributed by atoms with Gasteiger partial charge in [-0.3, -0.25) is 9.89 Å². The number of rotatable bonds is 3. The number of aromatic amines is 1. The fraction of sp³-hybridized carbons (Fsp3) is 0.556. The zero-order valence-electron chi connectivity index (χ0n) is 8.61. The van der Waals surface area contributed by atoms with Gasteiger partial charge in [0.15, 0.2) is 0 Å². The molecule has 1 aromatic rings. The summed E-state index contributed by atoms with van der Waals surface area (Å²) in [5.41, 5.74) is -0.142. The topological polar surface area (TPSA) is 69.2 Å². The van der Waals surface area contributed by atoms with Crippen LogP contribution in [0.25, 0.3) is 0 Å². The Morgan fingerprint density at radius 3 is 2.79 bits per heavy atom. The molecule has 0 bridgehead atoms. The first-order valence-electron chi connectivity index (χ1n) is 4.37. The maximum Gasteiger partial charge on any atom is 0.272 e. The molecule has 5 heteroatoms. The zero-order chi connectivity index (χ0) is 10.8. The Morgan fingerprint density at radius 1 is 1.71 bits per heavy atom. The predicted octanol–water partition coefficient (Wildman–Crippen LogP) is 0.253. The number of carbonyl (C=O) groups is 1. The number of nitrogens with one attached hydrogen (secondary N) is 1. The normalized spacial score (nSPS) is 11.4. The fourth-order valence-corrected chi connectivity index (χ4v) is 0.937. The lowest BCUT2D eigenvalue weighted by Crippen LogP contribution is -2.47. The number of H-pyrrole nitrogens is 1. The Kier molecular flexibility index (Phi) is 2.90. The first-order chi connectivity index (χ1) is 6.49.